The summed E-state index contributed by atoms with van der Waals surface area (Å²) in [4.78, 5) is 16.7. The van der Waals surface area contributed by atoms with E-state index in [-0.39, 0.29) is 5.91 Å². The first-order chi connectivity index (χ1) is 8.99. The summed E-state index contributed by atoms with van der Waals surface area (Å²) in [6.45, 7) is 8.81. The molecule has 3 nitrogen and oxygen atoms in total. The molecule has 0 aliphatic rings. The minimum atomic E-state index is -0.0413. The number of hydrogen-bond donors (Lipinski definition) is 1. The minimum Gasteiger partial charge on any atom is -0.351 e. The van der Waals surface area contributed by atoms with Crippen LogP contribution in [-0.4, -0.2) is 22.3 Å². The summed E-state index contributed by atoms with van der Waals surface area (Å²) >= 11 is 3.67. The van der Waals surface area contributed by atoms with Crippen molar-refractivity contribution in [2.75, 3.05) is 6.54 Å². The van der Waals surface area contributed by atoms with Gasteiger partial charge in [-0.2, -0.15) is 0 Å². The van der Waals surface area contributed by atoms with E-state index in [0.29, 0.717) is 22.9 Å². The molecule has 0 saturated carbocycles. The molecular formula is C15H23BrN2O. The minimum absolute atomic E-state index is 0.0413. The highest BCUT2D eigenvalue weighted by atomic mass is 79.9. The lowest BCUT2D eigenvalue weighted by Gasteiger charge is -2.20. The summed E-state index contributed by atoms with van der Waals surface area (Å²) in [6.07, 6.45) is 2.24. The Bertz CT molecular complexity index is 430. The zero-order valence-corrected chi connectivity index (χ0v) is 13.8. The Morgan fingerprint density at radius 2 is 1.95 bits per heavy atom. The van der Waals surface area contributed by atoms with E-state index < -0.39 is 0 Å². The van der Waals surface area contributed by atoms with Crippen molar-refractivity contribution in [2.24, 2.45) is 5.92 Å². The predicted octanol–water partition coefficient (Wildman–Crippen LogP) is 3.63. The van der Waals surface area contributed by atoms with Gasteiger partial charge in [0.1, 0.15) is 0 Å². The van der Waals surface area contributed by atoms with E-state index >= 15 is 0 Å². The molecule has 1 aromatic rings. The smallest absolute Gasteiger partial charge is 0.253 e. The van der Waals surface area contributed by atoms with E-state index in [9.17, 15) is 4.79 Å². The van der Waals surface area contributed by atoms with Crippen LogP contribution in [-0.2, 0) is 0 Å². The van der Waals surface area contributed by atoms with Crippen molar-refractivity contribution in [2.45, 2.75) is 45.4 Å². The van der Waals surface area contributed by atoms with Crippen molar-refractivity contribution >= 4 is 21.8 Å². The lowest BCUT2D eigenvalue weighted by Crippen LogP contribution is -2.33. The number of carbonyl (C=O) groups excluding carboxylic acids is 1. The zero-order chi connectivity index (χ0) is 14.4. The van der Waals surface area contributed by atoms with Crippen LogP contribution in [0.4, 0.5) is 0 Å². The van der Waals surface area contributed by atoms with Gasteiger partial charge in [-0.05, 0) is 31.9 Å². The Balaban J connectivity index is 2.60. The summed E-state index contributed by atoms with van der Waals surface area (Å²) in [5.74, 6) is 0.554. The van der Waals surface area contributed by atoms with Crippen molar-refractivity contribution in [3.63, 3.8) is 0 Å². The Hall–Kier alpha value is -0.900. The fourth-order valence-electron chi connectivity index (χ4n) is 2.18. The predicted molar refractivity (Wildman–Crippen MR) is 82.8 cm³/mol. The number of nitrogens with one attached hydrogen (secondary N) is 1. The third-order valence-electron chi connectivity index (χ3n) is 3.49. The van der Waals surface area contributed by atoms with Crippen molar-refractivity contribution in [3.05, 3.63) is 29.1 Å². The molecule has 0 aliphatic carbocycles. The molecule has 0 radical (unpaired) electrons. The average Bonchev–Trinajstić information content (AvgIpc) is 2.37. The quantitative estimate of drug-likeness (QED) is 0.811. The number of alkyl halides is 1. The normalized spacial score (nSPS) is 12.5. The van der Waals surface area contributed by atoms with Gasteiger partial charge in [-0.15, -0.1) is 0 Å². The number of hydrogen-bond acceptors (Lipinski definition) is 2. The summed E-state index contributed by atoms with van der Waals surface area (Å²) < 4.78 is 0. The molecule has 1 atom stereocenters. The summed E-state index contributed by atoms with van der Waals surface area (Å²) in [5, 5.41) is 2.98. The van der Waals surface area contributed by atoms with Crippen LogP contribution in [0.15, 0.2) is 12.1 Å². The molecular weight excluding hydrogens is 304 g/mol. The van der Waals surface area contributed by atoms with Crippen LogP contribution < -0.4 is 5.32 Å². The second-order valence-corrected chi connectivity index (χ2v) is 6.06. The highest BCUT2D eigenvalue weighted by Crippen LogP contribution is 2.19. The van der Waals surface area contributed by atoms with Crippen LogP contribution in [0.3, 0.4) is 0 Å². The highest BCUT2D eigenvalue weighted by Gasteiger charge is 2.17. The summed E-state index contributed by atoms with van der Waals surface area (Å²) in [6, 6.07) is 3.71. The molecule has 0 aliphatic heterocycles. The first-order valence-corrected chi connectivity index (χ1v) is 7.77. The standard InChI is InChI=1S/C15H23BrN2O/c1-5-12(6-2)14(16)9-17-15(19)13-8-7-10(3)18-11(13)4/h7-8,12,14H,5-6,9H2,1-4H3,(H,17,19). The van der Waals surface area contributed by atoms with Gasteiger partial charge in [-0.25, -0.2) is 0 Å². The topological polar surface area (TPSA) is 42.0 Å². The maximum absolute atomic E-state index is 12.1. The first kappa shape index (κ1) is 16.2. The molecule has 0 bridgehead atoms. The Morgan fingerprint density at radius 1 is 1.32 bits per heavy atom. The van der Waals surface area contributed by atoms with Crippen LogP contribution >= 0.6 is 15.9 Å². The van der Waals surface area contributed by atoms with Crippen LogP contribution in [0.2, 0.25) is 0 Å². The number of nitrogens with zero attached hydrogens (tertiary/aromatic N) is 1. The van der Waals surface area contributed by atoms with Gasteiger partial charge in [0.05, 0.1) is 11.3 Å². The van der Waals surface area contributed by atoms with Gasteiger partial charge >= 0.3 is 0 Å². The molecule has 106 valence electrons. The molecule has 1 aromatic heterocycles. The molecule has 19 heavy (non-hydrogen) atoms. The van der Waals surface area contributed by atoms with Crippen LogP contribution in [0, 0.1) is 19.8 Å². The maximum Gasteiger partial charge on any atom is 0.253 e. The fraction of sp³-hybridized carbons (Fsp3) is 0.600. The zero-order valence-electron chi connectivity index (χ0n) is 12.2. The van der Waals surface area contributed by atoms with Crippen molar-refractivity contribution < 1.29 is 4.79 Å². The van der Waals surface area contributed by atoms with Crippen LogP contribution in [0.25, 0.3) is 0 Å². The molecule has 4 heteroatoms. The number of carbonyl (C=O) groups is 1. The fourth-order valence-corrected chi connectivity index (χ4v) is 3.09. The summed E-state index contributed by atoms with van der Waals surface area (Å²) in [7, 11) is 0. The van der Waals surface area contributed by atoms with E-state index in [0.717, 1.165) is 24.2 Å². The highest BCUT2D eigenvalue weighted by molar-refractivity contribution is 9.09. The van der Waals surface area contributed by atoms with Crippen LogP contribution in [0.1, 0.15) is 48.4 Å². The van der Waals surface area contributed by atoms with Gasteiger partial charge < -0.3 is 5.32 Å². The van der Waals surface area contributed by atoms with Gasteiger partial charge in [0, 0.05) is 17.1 Å². The van der Waals surface area contributed by atoms with E-state index in [4.69, 9.17) is 0 Å². The maximum atomic E-state index is 12.1. The van der Waals surface area contributed by atoms with Crippen molar-refractivity contribution in [3.8, 4) is 0 Å². The summed E-state index contributed by atoms with van der Waals surface area (Å²) in [5.41, 5.74) is 2.38. The SMILES string of the molecule is CCC(CC)C(Br)CNC(=O)c1ccc(C)nc1C. The Morgan fingerprint density at radius 3 is 2.47 bits per heavy atom. The van der Waals surface area contributed by atoms with Gasteiger partial charge in [0.2, 0.25) is 0 Å². The molecule has 1 N–H and O–H groups in total. The number of aromatic nitrogens is 1. The average molecular weight is 327 g/mol. The van der Waals surface area contributed by atoms with Gasteiger partial charge in [0.25, 0.3) is 5.91 Å². The monoisotopic (exact) mass is 326 g/mol. The molecule has 1 heterocycles. The lowest BCUT2D eigenvalue weighted by atomic mass is 9.99. The molecule has 0 spiro atoms. The molecule has 1 unspecified atom stereocenters. The Labute approximate surface area is 124 Å². The second kappa shape index (κ2) is 7.63. The largest absolute Gasteiger partial charge is 0.351 e. The molecule has 0 fully saturated rings. The van der Waals surface area contributed by atoms with E-state index in [1.165, 1.54) is 0 Å². The van der Waals surface area contributed by atoms with Crippen molar-refractivity contribution in [1.82, 2.24) is 10.3 Å². The molecule has 0 saturated heterocycles. The number of halogens is 1. The molecule has 1 rings (SSSR count). The van der Waals surface area contributed by atoms with E-state index in [1.807, 2.05) is 26.0 Å². The third kappa shape index (κ3) is 4.60. The Kier molecular flexibility index (Phi) is 6.49. The third-order valence-corrected chi connectivity index (χ3v) is 4.56. The van der Waals surface area contributed by atoms with Gasteiger partial charge in [-0.1, -0.05) is 42.6 Å². The lowest BCUT2D eigenvalue weighted by molar-refractivity contribution is 0.0951. The number of aryl methyl sites for hydroxylation is 2. The van der Waals surface area contributed by atoms with E-state index in [1.54, 1.807) is 0 Å². The van der Waals surface area contributed by atoms with Gasteiger partial charge in [0.15, 0.2) is 0 Å². The number of pyridine rings is 1. The number of amides is 1. The molecule has 0 aromatic carbocycles. The van der Waals surface area contributed by atoms with Crippen molar-refractivity contribution in [1.29, 1.82) is 0 Å². The van der Waals surface area contributed by atoms with Crippen LogP contribution in [0.5, 0.6) is 0 Å². The molecule has 1 amide bonds. The van der Waals surface area contributed by atoms with Gasteiger partial charge in [-0.3, -0.25) is 9.78 Å². The van der Waals surface area contributed by atoms with E-state index in [2.05, 4.69) is 40.1 Å². The second-order valence-electron chi connectivity index (χ2n) is 4.89. The number of rotatable bonds is 6. The first-order valence-electron chi connectivity index (χ1n) is 6.86.